The van der Waals surface area contributed by atoms with Gasteiger partial charge in [-0.1, -0.05) is 0 Å². The molecule has 0 radical (unpaired) electrons. The number of aromatic nitrogens is 3. The van der Waals surface area contributed by atoms with Crippen LogP contribution in [0.1, 0.15) is 34.3 Å². The van der Waals surface area contributed by atoms with Crippen molar-refractivity contribution in [1.82, 2.24) is 20.1 Å². The lowest BCUT2D eigenvalue weighted by molar-refractivity contribution is 0.0951. The van der Waals surface area contributed by atoms with Gasteiger partial charge in [0.15, 0.2) is 5.82 Å². The summed E-state index contributed by atoms with van der Waals surface area (Å²) in [6, 6.07) is 8.67. The number of amides is 1. The van der Waals surface area contributed by atoms with Gasteiger partial charge in [0.1, 0.15) is 11.8 Å². The minimum atomic E-state index is -0.303. The second-order valence-electron chi connectivity index (χ2n) is 7.17. The highest BCUT2D eigenvalue weighted by Crippen LogP contribution is 2.29. The number of benzene rings is 1. The number of pyridine rings is 1. The van der Waals surface area contributed by atoms with Crippen molar-refractivity contribution >= 4 is 5.91 Å². The van der Waals surface area contributed by atoms with E-state index in [2.05, 4.69) is 21.5 Å². The van der Waals surface area contributed by atoms with E-state index in [1.54, 1.807) is 37.6 Å². The van der Waals surface area contributed by atoms with E-state index >= 15 is 0 Å². The first-order valence-corrected chi connectivity index (χ1v) is 10.1. The van der Waals surface area contributed by atoms with E-state index in [-0.39, 0.29) is 11.5 Å². The van der Waals surface area contributed by atoms with Crippen LogP contribution in [0.2, 0.25) is 0 Å². The largest absolute Gasteiger partial charge is 0.495 e. The first kappa shape index (κ1) is 22.8. The molecule has 0 aliphatic heterocycles. The first-order valence-electron chi connectivity index (χ1n) is 10.1. The van der Waals surface area contributed by atoms with Crippen LogP contribution in [-0.2, 0) is 4.74 Å². The summed E-state index contributed by atoms with van der Waals surface area (Å²) in [6.07, 6.45) is 4.71. The fourth-order valence-corrected chi connectivity index (χ4v) is 3.30. The maximum atomic E-state index is 13.0. The minimum Gasteiger partial charge on any atom is -0.495 e. The van der Waals surface area contributed by atoms with E-state index in [0.29, 0.717) is 47.0 Å². The third kappa shape index (κ3) is 4.87. The average Bonchev–Trinajstić information content (AvgIpc) is 3.19. The van der Waals surface area contributed by atoms with E-state index in [9.17, 15) is 14.9 Å². The normalized spacial score (nSPS) is 10.6. The van der Waals surface area contributed by atoms with Crippen LogP contribution in [0.15, 0.2) is 41.5 Å². The highest BCUT2D eigenvalue weighted by molar-refractivity contribution is 5.93. The molecule has 0 aliphatic rings. The zero-order valence-corrected chi connectivity index (χ0v) is 18.3. The molecular formula is C23H25N5O4. The lowest BCUT2D eigenvalue weighted by Crippen LogP contribution is -2.25. The van der Waals surface area contributed by atoms with Crippen molar-refractivity contribution in [2.75, 3.05) is 27.4 Å². The highest BCUT2D eigenvalue weighted by Gasteiger charge is 2.16. The van der Waals surface area contributed by atoms with Crippen LogP contribution < -0.4 is 15.6 Å². The molecule has 0 spiro atoms. The Morgan fingerprint density at radius 1 is 1.25 bits per heavy atom. The zero-order chi connectivity index (χ0) is 23.1. The van der Waals surface area contributed by atoms with Crippen molar-refractivity contribution in [1.29, 1.82) is 5.26 Å². The van der Waals surface area contributed by atoms with Crippen molar-refractivity contribution in [3.05, 3.63) is 63.7 Å². The van der Waals surface area contributed by atoms with E-state index < -0.39 is 0 Å². The summed E-state index contributed by atoms with van der Waals surface area (Å²) in [5.41, 5.74) is 2.36. The Kier molecular flexibility index (Phi) is 7.41. The van der Waals surface area contributed by atoms with Gasteiger partial charge < -0.3 is 14.8 Å². The molecule has 0 saturated heterocycles. The van der Waals surface area contributed by atoms with Crippen molar-refractivity contribution < 1.29 is 14.3 Å². The molecule has 0 saturated carbocycles. The number of rotatable bonds is 9. The summed E-state index contributed by atoms with van der Waals surface area (Å²) in [7, 11) is 3.12. The Morgan fingerprint density at radius 3 is 2.72 bits per heavy atom. The van der Waals surface area contributed by atoms with E-state index in [0.717, 1.165) is 18.4 Å². The standard InChI is InChI=1S/C23H25N5O4/c1-15-10-17(12-24)20(32-3)11-18(15)19-14-27-28(23(19)30)21-7-6-16(13-26-21)22(29)25-8-4-5-9-31-2/h6-7,10-11,13-14,27H,4-5,8-9H2,1-3H3,(H,25,29). The molecule has 0 unspecified atom stereocenters. The van der Waals surface area contributed by atoms with Gasteiger partial charge in [0, 0.05) is 32.7 Å². The molecule has 166 valence electrons. The summed E-state index contributed by atoms with van der Waals surface area (Å²) in [4.78, 5) is 29.5. The number of aromatic amines is 1. The molecule has 3 aromatic rings. The first-order chi connectivity index (χ1) is 15.5. The number of ether oxygens (including phenoxy) is 2. The van der Waals surface area contributed by atoms with Gasteiger partial charge in [-0.2, -0.15) is 5.26 Å². The predicted molar refractivity (Wildman–Crippen MR) is 119 cm³/mol. The smallest absolute Gasteiger partial charge is 0.280 e. The van der Waals surface area contributed by atoms with Gasteiger partial charge >= 0.3 is 0 Å². The third-order valence-corrected chi connectivity index (χ3v) is 5.03. The third-order valence-electron chi connectivity index (χ3n) is 5.03. The fraction of sp³-hybridized carbons (Fsp3) is 0.304. The van der Waals surface area contributed by atoms with Crippen molar-refractivity contribution in [3.63, 3.8) is 0 Å². The van der Waals surface area contributed by atoms with Gasteiger partial charge in [-0.25, -0.2) is 9.67 Å². The van der Waals surface area contributed by atoms with Crippen LogP contribution in [-0.4, -0.2) is 48.0 Å². The summed E-state index contributed by atoms with van der Waals surface area (Å²) in [5.74, 6) is 0.536. The van der Waals surface area contributed by atoms with E-state index in [1.807, 2.05) is 6.92 Å². The monoisotopic (exact) mass is 435 g/mol. The fourth-order valence-electron chi connectivity index (χ4n) is 3.30. The number of methoxy groups -OCH3 is 2. The molecule has 1 amide bonds. The molecule has 9 nitrogen and oxygen atoms in total. The summed E-state index contributed by atoms with van der Waals surface area (Å²) in [6.45, 7) is 3.04. The number of nitrogens with zero attached hydrogens (tertiary/aromatic N) is 3. The van der Waals surface area contributed by atoms with Gasteiger partial charge in [0.25, 0.3) is 11.5 Å². The minimum absolute atomic E-state index is 0.221. The second kappa shape index (κ2) is 10.4. The Labute approximate surface area is 185 Å². The molecule has 2 heterocycles. The summed E-state index contributed by atoms with van der Waals surface area (Å²) in [5, 5.41) is 15.0. The van der Waals surface area contributed by atoms with Crippen LogP contribution >= 0.6 is 0 Å². The van der Waals surface area contributed by atoms with Crippen molar-refractivity contribution in [2.24, 2.45) is 0 Å². The molecule has 0 fully saturated rings. The summed E-state index contributed by atoms with van der Waals surface area (Å²) >= 11 is 0. The van der Waals surface area contributed by atoms with Crippen LogP contribution in [0, 0.1) is 18.3 Å². The topological polar surface area (TPSA) is 122 Å². The number of carbonyl (C=O) groups is 1. The lowest BCUT2D eigenvalue weighted by Gasteiger charge is -2.08. The molecule has 32 heavy (non-hydrogen) atoms. The van der Waals surface area contributed by atoms with E-state index in [1.165, 1.54) is 18.0 Å². The molecule has 3 rings (SSSR count). The SMILES string of the molecule is COCCCCNC(=O)c1ccc(-n2[nH]cc(-c3cc(OC)c(C#N)cc3C)c2=O)nc1. The lowest BCUT2D eigenvalue weighted by atomic mass is 10.00. The quantitative estimate of drug-likeness (QED) is 0.498. The molecular weight excluding hydrogens is 410 g/mol. The number of nitrogens with one attached hydrogen (secondary N) is 2. The molecule has 0 atom stereocenters. The van der Waals surface area contributed by atoms with Gasteiger partial charge in [-0.15, -0.1) is 0 Å². The molecule has 9 heteroatoms. The average molecular weight is 435 g/mol. The van der Waals surface area contributed by atoms with Crippen LogP contribution in [0.25, 0.3) is 16.9 Å². The maximum absolute atomic E-state index is 13.0. The van der Waals surface area contributed by atoms with Crippen LogP contribution in [0.4, 0.5) is 0 Å². The number of unbranched alkanes of at least 4 members (excludes halogenated alkanes) is 1. The van der Waals surface area contributed by atoms with Crippen LogP contribution in [0.3, 0.4) is 0 Å². The van der Waals surface area contributed by atoms with Gasteiger partial charge in [0.2, 0.25) is 0 Å². The number of nitriles is 1. The highest BCUT2D eigenvalue weighted by atomic mass is 16.5. The number of aryl methyl sites for hydroxylation is 1. The Morgan fingerprint density at radius 2 is 2.06 bits per heavy atom. The second-order valence-corrected chi connectivity index (χ2v) is 7.17. The van der Waals surface area contributed by atoms with Gasteiger partial charge in [0.05, 0.1) is 23.8 Å². The number of carbonyl (C=O) groups excluding carboxylic acids is 1. The molecule has 2 N–H and O–H groups in total. The predicted octanol–water partition coefficient (Wildman–Crippen LogP) is 2.57. The van der Waals surface area contributed by atoms with Gasteiger partial charge in [-0.3, -0.25) is 14.7 Å². The molecule has 0 bridgehead atoms. The molecule has 1 aromatic carbocycles. The summed E-state index contributed by atoms with van der Waals surface area (Å²) < 4.78 is 11.6. The van der Waals surface area contributed by atoms with Crippen molar-refractivity contribution in [3.8, 4) is 28.8 Å². The molecule has 2 aromatic heterocycles. The van der Waals surface area contributed by atoms with Crippen molar-refractivity contribution in [2.45, 2.75) is 19.8 Å². The number of H-pyrrole nitrogens is 1. The van der Waals surface area contributed by atoms with Crippen LogP contribution in [0.5, 0.6) is 5.75 Å². The van der Waals surface area contributed by atoms with Gasteiger partial charge in [-0.05, 0) is 55.2 Å². The Balaban J connectivity index is 1.79. The Hall–Kier alpha value is -3.90. The molecule has 0 aliphatic carbocycles. The zero-order valence-electron chi connectivity index (χ0n) is 18.3. The maximum Gasteiger partial charge on any atom is 0.280 e. The number of hydrogen-bond acceptors (Lipinski definition) is 6. The van der Waals surface area contributed by atoms with E-state index in [4.69, 9.17) is 9.47 Å². The Bertz CT molecular complexity index is 1190. The number of hydrogen-bond donors (Lipinski definition) is 2.